The highest BCUT2D eigenvalue weighted by Gasteiger charge is 2.19. The molecule has 2 heterocycles. The smallest absolute Gasteiger partial charge is 0.310 e. The van der Waals surface area contributed by atoms with E-state index in [2.05, 4.69) is 25.9 Å². The van der Waals surface area contributed by atoms with Crippen LogP contribution in [0.3, 0.4) is 0 Å². The zero-order chi connectivity index (χ0) is 21.7. The SMILES string of the molecule is Nc1ncnc2c1c(-c1ccccc1)nn2CC(=O)NNC(=O)CC(=O)CC(=O)O. The van der Waals surface area contributed by atoms with Crippen molar-refractivity contribution in [3.63, 3.8) is 0 Å². The Morgan fingerprint density at radius 3 is 2.40 bits per heavy atom. The van der Waals surface area contributed by atoms with Gasteiger partial charge in [-0.05, 0) is 0 Å². The van der Waals surface area contributed by atoms with Crippen LogP contribution in [0.1, 0.15) is 12.8 Å². The van der Waals surface area contributed by atoms with E-state index in [1.54, 1.807) is 0 Å². The van der Waals surface area contributed by atoms with Crippen LogP contribution in [0, 0.1) is 0 Å². The number of carbonyl (C=O) groups is 4. The lowest BCUT2D eigenvalue weighted by molar-refractivity contribution is -0.141. The highest BCUT2D eigenvalue weighted by molar-refractivity contribution is 6.04. The number of fused-ring (bicyclic) bond motifs is 1. The number of nitrogens with one attached hydrogen (secondary N) is 2. The normalized spacial score (nSPS) is 10.5. The van der Waals surface area contributed by atoms with Gasteiger partial charge in [0.15, 0.2) is 11.4 Å². The molecule has 0 saturated heterocycles. The monoisotopic (exact) mass is 411 g/mol. The highest BCUT2D eigenvalue weighted by atomic mass is 16.4. The number of benzene rings is 1. The first kappa shape index (κ1) is 20.4. The number of carbonyl (C=O) groups excluding carboxylic acids is 3. The van der Waals surface area contributed by atoms with Crippen LogP contribution in [0.4, 0.5) is 5.82 Å². The standard InChI is InChI=1S/C18H17N7O5/c19-17-15-16(10-4-2-1-3-5-10)24-25(18(15)21-9-20-17)8-13(28)23-22-12(27)6-11(26)7-14(29)30/h1-5,9H,6-8H2,(H,22,27)(H,23,28)(H,29,30)(H2,19,20,21). The molecule has 0 bridgehead atoms. The zero-order valence-electron chi connectivity index (χ0n) is 15.5. The molecule has 3 rings (SSSR count). The number of hydrogen-bond donors (Lipinski definition) is 4. The van der Waals surface area contributed by atoms with Gasteiger partial charge in [-0.2, -0.15) is 5.10 Å². The minimum Gasteiger partial charge on any atom is -0.481 e. The number of anilines is 1. The van der Waals surface area contributed by atoms with Crippen molar-refractivity contribution < 1.29 is 24.3 Å². The van der Waals surface area contributed by atoms with E-state index in [0.717, 1.165) is 5.56 Å². The third-order valence-electron chi connectivity index (χ3n) is 3.95. The van der Waals surface area contributed by atoms with Gasteiger partial charge in [0, 0.05) is 5.56 Å². The van der Waals surface area contributed by atoms with Crippen LogP contribution in [0.5, 0.6) is 0 Å². The molecule has 0 unspecified atom stereocenters. The summed E-state index contributed by atoms with van der Waals surface area (Å²) >= 11 is 0. The number of nitrogens with two attached hydrogens (primary N) is 1. The van der Waals surface area contributed by atoms with Crippen molar-refractivity contribution in [3.8, 4) is 11.3 Å². The second kappa shape index (κ2) is 8.77. The molecular formula is C18H17N7O5. The van der Waals surface area contributed by atoms with E-state index in [9.17, 15) is 19.2 Å². The molecule has 0 spiro atoms. The Kier molecular flexibility index (Phi) is 5.96. The number of aromatic nitrogens is 4. The molecule has 2 amide bonds. The number of hydrazine groups is 1. The first-order valence-corrected chi connectivity index (χ1v) is 8.68. The number of rotatable bonds is 7. The molecule has 0 aliphatic heterocycles. The van der Waals surface area contributed by atoms with Crippen molar-refractivity contribution in [1.29, 1.82) is 0 Å². The van der Waals surface area contributed by atoms with Crippen LogP contribution in [0.2, 0.25) is 0 Å². The molecule has 0 radical (unpaired) electrons. The Balaban J connectivity index is 1.72. The molecule has 5 N–H and O–H groups in total. The molecular weight excluding hydrogens is 394 g/mol. The second-order valence-electron chi connectivity index (χ2n) is 6.21. The van der Waals surface area contributed by atoms with Crippen LogP contribution < -0.4 is 16.6 Å². The van der Waals surface area contributed by atoms with Gasteiger partial charge in [-0.15, -0.1) is 0 Å². The number of ketones is 1. The van der Waals surface area contributed by atoms with Gasteiger partial charge in [-0.3, -0.25) is 30.0 Å². The summed E-state index contributed by atoms with van der Waals surface area (Å²) in [4.78, 5) is 53.7. The van der Waals surface area contributed by atoms with Crippen molar-refractivity contribution in [1.82, 2.24) is 30.6 Å². The third kappa shape index (κ3) is 4.73. The molecule has 154 valence electrons. The van der Waals surface area contributed by atoms with Crippen molar-refractivity contribution in [2.45, 2.75) is 19.4 Å². The Morgan fingerprint density at radius 1 is 1.00 bits per heavy atom. The van der Waals surface area contributed by atoms with Gasteiger partial charge in [0.2, 0.25) is 5.91 Å². The Labute approximate surface area is 169 Å². The first-order chi connectivity index (χ1) is 14.3. The van der Waals surface area contributed by atoms with Crippen LogP contribution >= 0.6 is 0 Å². The van der Waals surface area contributed by atoms with Crippen LogP contribution in [0.15, 0.2) is 36.7 Å². The second-order valence-corrected chi connectivity index (χ2v) is 6.21. The minimum absolute atomic E-state index is 0.204. The maximum Gasteiger partial charge on any atom is 0.310 e. The summed E-state index contributed by atoms with van der Waals surface area (Å²) in [7, 11) is 0. The largest absolute Gasteiger partial charge is 0.481 e. The molecule has 30 heavy (non-hydrogen) atoms. The predicted molar refractivity (Wildman–Crippen MR) is 103 cm³/mol. The van der Waals surface area contributed by atoms with Crippen molar-refractivity contribution in [2.75, 3.05) is 5.73 Å². The third-order valence-corrected chi connectivity index (χ3v) is 3.95. The van der Waals surface area contributed by atoms with Crippen molar-refractivity contribution in [2.24, 2.45) is 0 Å². The number of aliphatic carboxylic acids is 1. The van der Waals surface area contributed by atoms with Gasteiger partial charge in [0.25, 0.3) is 5.91 Å². The number of Topliss-reactive ketones (excluding diaryl/α,β-unsaturated/α-hetero) is 1. The fourth-order valence-electron chi connectivity index (χ4n) is 2.71. The van der Waals surface area contributed by atoms with Crippen molar-refractivity contribution >= 4 is 40.4 Å². The van der Waals surface area contributed by atoms with E-state index in [1.165, 1.54) is 11.0 Å². The van der Waals surface area contributed by atoms with Gasteiger partial charge < -0.3 is 10.8 Å². The maximum absolute atomic E-state index is 12.2. The fourth-order valence-corrected chi connectivity index (χ4v) is 2.71. The maximum atomic E-state index is 12.2. The number of amides is 2. The Bertz CT molecular complexity index is 1130. The molecule has 0 aliphatic carbocycles. The molecule has 0 fully saturated rings. The number of nitrogen functional groups attached to an aromatic ring is 1. The first-order valence-electron chi connectivity index (χ1n) is 8.68. The molecule has 0 atom stereocenters. The van der Waals surface area contributed by atoms with E-state index in [-0.39, 0.29) is 12.4 Å². The van der Waals surface area contributed by atoms with Crippen LogP contribution in [-0.2, 0) is 25.7 Å². The Morgan fingerprint density at radius 2 is 1.70 bits per heavy atom. The summed E-state index contributed by atoms with van der Waals surface area (Å²) < 4.78 is 1.31. The minimum atomic E-state index is -1.34. The van der Waals surface area contributed by atoms with Gasteiger partial charge in [0.05, 0.1) is 11.8 Å². The quantitative estimate of drug-likeness (QED) is 0.298. The molecule has 1 aromatic carbocycles. The molecule has 3 aromatic rings. The van der Waals surface area contributed by atoms with E-state index in [1.807, 2.05) is 30.3 Å². The average Bonchev–Trinajstić information content (AvgIpc) is 3.06. The van der Waals surface area contributed by atoms with Crippen LogP contribution in [-0.4, -0.2) is 48.4 Å². The molecule has 0 saturated carbocycles. The van der Waals surface area contributed by atoms with Gasteiger partial charge in [-0.25, -0.2) is 14.6 Å². The van der Waals surface area contributed by atoms with E-state index in [4.69, 9.17) is 10.8 Å². The fraction of sp³-hybridized carbons (Fsp3) is 0.167. The van der Waals surface area contributed by atoms with Crippen LogP contribution in [0.25, 0.3) is 22.3 Å². The Hall–Kier alpha value is -4.35. The summed E-state index contributed by atoms with van der Waals surface area (Å²) in [6.07, 6.45) is -0.193. The lowest BCUT2D eigenvalue weighted by Gasteiger charge is -2.07. The molecule has 0 aliphatic rings. The lowest BCUT2D eigenvalue weighted by Crippen LogP contribution is -2.44. The zero-order valence-corrected chi connectivity index (χ0v) is 15.5. The summed E-state index contributed by atoms with van der Waals surface area (Å²) in [6, 6.07) is 9.15. The molecule has 2 aromatic heterocycles. The number of hydrogen-bond acceptors (Lipinski definition) is 8. The van der Waals surface area contributed by atoms with Gasteiger partial charge in [-0.1, -0.05) is 30.3 Å². The topological polar surface area (TPSA) is 182 Å². The summed E-state index contributed by atoms with van der Waals surface area (Å²) in [5, 5.41) is 13.4. The summed E-state index contributed by atoms with van der Waals surface area (Å²) in [5.41, 5.74) is 11.8. The summed E-state index contributed by atoms with van der Waals surface area (Å²) in [6.45, 7) is -0.302. The summed E-state index contributed by atoms with van der Waals surface area (Å²) in [5.74, 6) is -3.40. The highest BCUT2D eigenvalue weighted by Crippen LogP contribution is 2.29. The number of carboxylic acid groups (broad SMARTS) is 1. The van der Waals surface area contributed by atoms with Crippen molar-refractivity contribution in [3.05, 3.63) is 36.7 Å². The predicted octanol–water partition coefficient (Wildman–Crippen LogP) is -0.343. The lowest BCUT2D eigenvalue weighted by atomic mass is 10.1. The molecule has 12 heteroatoms. The molecule has 12 nitrogen and oxygen atoms in total. The van der Waals surface area contributed by atoms with E-state index >= 15 is 0 Å². The average molecular weight is 411 g/mol. The van der Waals surface area contributed by atoms with Gasteiger partial charge >= 0.3 is 5.97 Å². The number of carboxylic acids is 1. The van der Waals surface area contributed by atoms with E-state index < -0.39 is 36.4 Å². The van der Waals surface area contributed by atoms with Gasteiger partial charge in [0.1, 0.15) is 30.8 Å². The number of nitrogens with zero attached hydrogens (tertiary/aromatic N) is 4. The van der Waals surface area contributed by atoms with E-state index in [0.29, 0.717) is 16.7 Å².